The first-order valence-corrected chi connectivity index (χ1v) is 7.81. The summed E-state index contributed by atoms with van der Waals surface area (Å²) in [7, 11) is 0. The molecule has 0 bridgehead atoms. The lowest BCUT2D eigenvalue weighted by Crippen LogP contribution is -2.45. The third-order valence-corrected chi connectivity index (χ3v) is 4.22. The molecule has 0 radical (unpaired) electrons. The fraction of sp³-hybridized carbons (Fsp3) is 0.467. The van der Waals surface area contributed by atoms with Gasteiger partial charge in [-0.25, -0.2) is 4.39 Å². The molecule has 120 valence electrons. The van der Waals surface area contributed by atoms with Crippen molar-refractivity contribution in [2.24, 2.45) is 0 Å². The quantitative estimate of drug-likeness (QED) is 0.539. The molecule has 1 aliphatic rings. The molecule has 1 aromatic rings. The minimum absolute atomic E-state index is 0. The van der Waals surface area contributed by atoms with Crippen molar-refractivity contribution in [1.29, 1.82) is 0 Å². The molecule has 6 heteroatoms. The van der Waals surface area contributed by atoms with Crippen molar-refractivity contribution in [1.82, 2.24) is 10.2 Å². The van der Waals surface area contributed by atoms with Gasteiger partial charge in [0, 0.05) is 41.4 Å². The van der Waals surface area contributed by atoms with Gasteiger partial charge in [0.1, 0.15) is 5.82 Å². The van der Waals surface area contributed by atoms with E-state index in [1.165, 1.54) is 0 Å². The largest absolute Gasteiger partial charge is 0.314 e. The number of nitrogens with zero attached hydrogens (tertiary/aromatic N) is 1. The number of allylic oxidation sites excluding steroid dienone is 1. The summed E-state index contributed by atoms with van der Waals surface area (Å²) in [5.41, 5.74) is 0.829. The molecule has 0 unspecified atom stereocenters. The van der Waals surface area contributed by atoms with E-state index in [1.807, 2.05) is 18.2 Å². The fourth-order valence-electron chi connectivity index (χ4n) is 2.57. The molecule has 1 heterocycles. The first-order chi connectivity index (χ1) is 9.22. The first-order valence-electron chi connectivity index (χ1n) is 6.73. The number of halogens is 4. The predicted molar refractivity (Wildman–Crippen MR) is 100 cm³/mol. The number of hydrogen-bond acceptors (Lipinski definition) is 2. The van der Waals surface area contributed by atoms with Crippen LogP contribution in [0.3, 0.4) is 0 Å². The van der Waals surface area contributed by atoms with E-state index in [2.05, 4.69) is 39.4 Å². The van der Waals surface area contributed by atoms with Gasteiger partial charge in [-0.15, -0.1) is 31.4 Å². The standard InChI is InChI=1S/C15H20FIN2.2ClH/c1-2-3-4-15(19-9-7-18-8-10-19)13-11-12(17)5-6-14(13)16;;/h2,5-6,11,15,18H,1,3-4,7-10H2;2*1H/t15-;;/m0../s1. The Kier molecular flexibility index (Phi) is 10.8. The van der Waals surface area contributed by atoms with Crippen LogP contribution in [0.1, 0.15) is 24.4 Å². The van der Waals surface area contributed by atoms with E-state index in [-0.39, 0.29) is 36.7 Å². The minimum Gasteiger partial charge on any atom is -0.314 e. The highest BCUT2D eigenvalue weighted by molar-refractivity contribution is 14.1. The van der Waals surface area contributed by atoms with Crippen LogP contribution in [0.4, 0.5) is 4.39 Å². The number of hydrogen-bond donors (Lipinski definition) is 1. The van der Waals surface area contributed by atoms with Gasteiger partial charge in [-0.1, -0.05) is 6.08 Å². The molecule has 1 aliphatic heterocycles. The number of benzene rings is 1. The summed E-state index contributed by atoms with van der Waals surface area (Å²) in [4.78, 5) is 2.38. The van der Waals surface area contributed by atoms with Gasteiger partial charge in [0.05, 0.1) is 0 Å². The molecule has 0 spiro atoms. The van der Waals surface area contributed by atoms with Crippen molar-refractivity contribution in [3.8, 4) is 0 Å². The molecule has 0 saturated carbocycles. The van der Waals surface area contributed by atoms with Gasteiger partial charge in [0.25, 0.3) is 0 Å². The van der Waals surface area contributed by atoms with Crippen LogP contribution >= 0.6 is 47.4 Å². The maximum Gasteiger partial charge on any atom is 0.128 e. The van der Waals surface area contributed by atoms with Gasteiger partial charge in [-0.3, -0.25) is 4.90 Å². The molecule has 0 amide bonds. The molecule has 21 heavy (non-hydrogen) atoms. The van der Waals surface area contributed by atoms with Crippen LogP contribution in [0.15, 0.2) is 30.9 Å². The van der Waals surface area contributed by atoms with E-state index in [4.69, 9.17) is 0 Å². The molecular formula is C15H22Cl2FIN2. The second-order valence-corrected chi connectivity index (χ2v) is 6.08. The zero-order valence-electron chi connectivity index (χ0n) is 11.9. The SMILES string of the molecule is C=CCC[C@@H](c1cc(I)ccc1F)N1CCNCC1.Cl.Cl. The van der Waals surface area contributed by atoms with Crippen LogP contribution in [0, 0.1) is 9.39 Å². The topological polar surface area (TPSA) is 15.3 Å². The lowest BCUT2D eigenvalue weighted by Gasteiger charge is -2.35. The van der Waals surface area contributed by atoms with Crippen molar-refractivity contribution in [3.05, 3.63) is 45.8 Å². The Morgan fingerprint density at radius 3 is 2.62 bits per heavy atom. The highest BCUT2D eigenvalue weighted by Crippen LogP contribution is 2.29. The van der Waals surface area contributed by atoms with Crippen LogP contribution in [-0.4, -0.2) is 31.1 Å². The Hall–Kier alpha value is 0.120. The Labute approximate surface area is 152 Å². The van der Waals surface area contributed by atoms with Gasteiger partial charge in [0.15, 0.2) is 0 Å². The van der Waals surface area contributed by atoms with Gasteiger partial charge in [-0.05, 0) is 53.6 Å². The second kappa shape index (κ2) is 10.8. The van der Waals surface area contributed by atoms with Crippen LogP contribution in [0.25, 0.3) is 0 Å². The minimum atomic E-state index is -0.0898. The summed E-state index contributed by atoms with van der Waals surface area (Å²) in [6.07, 6.45) is 3.76. The molecule has 1 atom stereocenters. The van der Waals surface area contributed by atoms with Crippen molar-refractivity contribution >= 4 is 47.4 Å². The summed E-state index contributed by atoms with van der Waals surface area (Å²) in [6.45, 7) is 7.71. The van der Waals surface area contributed by atoms with Crippen LogP contribution in [0.5, 0.6) is 0 Å². The Bertz CT molecular complexity index is 440. The summed E-state index contributed by atoms with van der Waals surface area (Å²) in [6, 6.07) is 5.54. The van der Waals surface area contributed by atoms with E-state index in [1.54, 1.807) is 6.07 Å². The van der Waals surface area contributed by atoms with Crippen LogP contribution in [-0.2, 0) is 0 Å². The number of nitrogens with one attached hydrogen (secondary N) is 1. The van der Waals surface area contributed by atoms with Crippen LogP contribution in [0.2, 0.25) is 0 Å². The smallest absolute Gasteiger partial charge is 0.128 e. The molecule has 1 saturated heterocycles. The average Bonchev–Trinajstić information content (AvgIpc) is 2.44. The molecule has 2 nitrogen and oxygen atoms in total. The monoisotopic (exact) mass is 446 g/mol. The van der Waals surface area contributed by atoms with E-state index in [0.29, 0.717) is 0 Å². The zero-order valence-corrected chi connectivity index (χ0v) is 15.6. The Morgan fingerprint density at radius 2 is 2.00 bits per heavy atom. The van der Waals surface area contributed by atoms with E-state index in [0.717, 1.165) is 48.2 Å². The molecule has 1 fully saturated rings. The van der Waals surface area contributed by atoms with E-state index in [9.17, 15) is 4.39 Å². The molecular weight excluding hydrogens is 425 g/mol. The third kappa shape index (κ3) is 6.02. The predicted octanol–water partition coefficient (Wildman–Crippen LogP) is 4.19. The number of piperazine rings is 1. The van der Waals surface area contributed by atoms with Crippen molar-refractivity contribution in [2.75, 3.05) is 26.2 Å². The van der Waals surface area contributed by atoms with Gasteiger partial charge >= 0.3 is 0 Å². The lowest BCUT2D eigenvalue weighted by atomic mass is 9.99. The fourth-order valence-corrected chi connectivity index (χ4v) is 3.09. The Balaban J connectivity index is 0.00000200. The maximum atomic E-state index is 14.1. The van der Waals surface area contributed by atoms with Gasteiger partial charge in [0.2, 0.25) is 0 Å². The molecule has 2 rings (SSSR count). The van der Waals surface area contributed by atoms with E-state index >= 15 is 0 Å². The maximum absolute atomic E-state index is 14.1. The van der Waals surface area contributed by atoms with Gasteiger partial charge in [-0.2, -0.15) is 0 Å². The molecule has 1 N–H and O–H groups in total. The van der Waals surface area contributed by atoms with Crippen molar-refractivity contribution < 1.29 is 4.39 Å². The zero-order chi connectivity index (χ0) is 13.7. The Morgan fingerprint density at radius 1 is 1.33 bits per heavy atom. The molecule has 0 aliphatic carbocycles. The second-order valence-electron chi connectivity index (χ2n) is 4.83. The summed E-state index contributed by atoms with van der Waals surface area (Å²) < 4.78 is 15.2. The molecule has 1 aromatic carbocycles. The molecule has 0 aromatic heterocycles. The van der Waals surface area contributed by atoms with Crippen molar-refractivity contribution in [3.63, 3.8) is 0 Å². The van der Waals surface area contributed by atoms with Crippen LogP contribution < -0.4 is 5.32 Å². The first kappa shape index (κ1) is 21.1. The summed E-state index contributed by atoms with van der Waals surface area (Å²) in [5, 5.41) is 3.35. The lowest BCUT2D eigenvalue weighted by molar-refractivity contribution is 0.163. The highest BCUT2D eigenvalue weighted by atomic mass is 127. The average molecular weight is 447 g/mol. The third-order valence-electron chi connectivity index (χ3n) is 3.55. The van der Waals surface area contributed by atoms with Gasteiger partial charge < -0.3 is 5.32 Å². The van der Waals surface area contributed by atoms with Crippen molar-refractivity contribution in [2.45, 2.75) is 18.9 Å². The van der Waals surface area contributed by atoms with E-state index < -0.39 is 0 Å². The normalized spacial score (nSPS) is 16.5. The summed E-state index contributed by atoms with van der Waals surface area (Å²) >= 11 is 2.25. The number of rotatable bonds is 5. The summed E-state index contributed by atoms with van der Waals surface area (Å²) in [5.74, 6) is -0.0898. The highest BCUT2D eigenvalue weighted by Gasteiger charge is 2.24.